The Kier molecular flexibility index (Phi) is 4.06. The van der Waals surface area contributed by atoms with Gasteiger partial charge in [0.15, 0.2) is 0 Å². The minimum Gasteiger partial charge on any atom is -0.545 e. The average molecular weight is 221 g/mol. The van der Waals surface area contributed by atoms with Crippen molar-refractivity contribution >= 4 is 13.6 Å². The van der Waals surface area contributed by atoms with Crippen molar-refractivity contribution in [3.05, 3.63) is 11.6 Å². The Morgan fingerprint density at radius 2 is 2.00 bits per heavy atom. The first kappa shape index (κ1) is 13.4. The number of allylic oxidation sites excluding steroid dienone is 1. The predicted molar refractivity (Wildman–Crippen MR) is 49.5 cm³/mol. The van der Waals surface area contributed by atoms with Crippen molar-refractivity contribution in [1.82, 2.24) is 0 Å². The molecule has 0 spiro atoms. The summed E-state index contributed by atoms with van der Waals surface area (Å²) in [6, 6.07) is 0. The van der Waals surface area contributed by atoms with Crippen LogP contribution in [0.5, 0.6) is 0 Å². The zero-order valence-corrected chi connectivity index (χ0v) is 9.25. The Balaban J connectivity index is 5.20. The molecular formula is C8H14O5P-. The van der Waals surface area contributed by atoms with E-state index in [1.54, 1.807) is 6.92 Å². The van der Waals surface area contributed by atoms with Crippen LogP contribution >= 0.6 is 7.60 Å². The molecule has 0 aliphatic carbocycles. The van der Waals surface area contributed by atoms with Crippen LogP contribution in [0.1, 0.15) is 27.2 Å². The van der Waals surface area contributed by atoms with Crippen molar-refractivity contribution in [2.45, 2.75) is 32.3 Å². The van der Waals surface area contributed by atoms with Crippen LogP contribution in [-0.4, -0.2) is 20.9 Å². The maximum atomic E-state index is 11.1. The van der Waals surface area contributed by atoms with E-state index in [0.29, 0.717) is 0 Å². The van der Waals surface area contributed by atoms with Gasteiger partial charge in [0.1, 0.15) is 0 Å². The van der Waals surface area contributed by atoms with Gasteiger partial charge in [-0.2, -0.15) is 0 Å². The third kappa shape index (κ3) is 2.94. The minimum absolute atomic E-state index is 0.155. The zero-order valence-electron chi connectivity index (χ0n) is 8.35. The average Bonchev–Trinajstić information content (AvgIpc) is 2.01. The molecule has 0 aromatic carbocycles. The first-order valence-electron chi connectivity index (χ1n) is 4.10. The highest BCUT2D eigenvalue weighted by molar-refractivity contribution is 7.53. The molecule has 0 saturated heterocycles. The second kappa shape index (κ2) is 4.26. The quantitative estimate of drug-likeness (QED) is 0.515. The SMILES string of the molecule is CCC(C)(/C=C(\C)C(=O)[O-])P(=O)(O)O. The number of aliphatic carboxylic acids is 1. The maximum absolute atomic E-state index is 11.1. The number of hydrogen-bond acceptors (Lipinski definition) is 3. The van der Waals surface area contributed by atoms with Crippen molar-refractivity contribution in [3.8, 4) is 0 Å². The predicted octanol–water partition coefficient (Wildman–Crippen LogP) is 0.0290. The lowest BCUT2D eigenvalue weighted by Crippen LogP contribution is -2.27. The topological polar surface area (TPSA) is 97.7 Å². The number of carboxylic acids is 1. The standard InChI is InChI=1S/C8H15O5P/c1-4-8(3,14(11,12)13)5-6(2)7(9)10/h5H,4H2,1-3H3,(H,9,10)(H2,11,12,13)/p-1/b6-5+. The van der Waals surface area contributed by atoms with E-state index >= 15 is 0 Å². The summed E-state index contributed by atoms with van der Waals surface area (Å²) in [5.74, 6) is -1.42. The van der Waals surface area contributed by atoms with Gasteiger partial charge in [0, 0.05) is 0 Å². The minimum atomic E-state index is -4.35. The lowest BCUT2D eigenvalue weighted by molar-refractivity contribution is -0.299. The fourth-order valence-corrected chi connectivity index (χ4v) is 1.69. The molecule has 0 fully saturated rings. The molecule has 0 aromatic rings. The van der Waals surface area contributed by atoms with Gasteiger partial charge >= 0.3 is 7.60 Å². The van der Waals surface area contributed by atoms with E-state index in [2.05, 4.69) is 0 Å². The normalized spacial score (nSPS) is 17.6. The Morgan fingerprint density at radius 3 is 2.21 bits per heavy atom. The van der Waals surface area contributed by atoms with Crippen LogP contribution in [0, 0.1) is 0 Å². The van der Waals surface area contributed by atoms with Gasteiger partial charge in [0.05, 0.1) is 11.1 Å². The Bertz CT molecular complexity index is 303. The largest absolute Gasteiger partial charge is 0.545 e. The molecule has 2 N–H and O–H groups in total. The van der Waals surface area contributed by atoms with Crippen LogP contribution in [0.25, 0.3) is 0 Å². The molecule has 0 saturated carbocycles. The van der Waals surface area contributed by atoms with Crippen molar-refractivity contribution in [3.63, 3.8) is 0 Å². The van der Waals surface area contributed by atoms with E-state index in [-0.39, 0.29) is 12.0 Å². The molecule has 0 aliphatic rings. The Morgan fingerprint density at radius 1 is 1.57 bits per heavy atom. The third-order valence-electron chi connectivity index (χ3n) is 2.23. The molecule has 0 amide bonds. The molecule has 0 heterocycles. The highest BCUT2D eigenvalue weighted by Gasteiger charge is 2.38. The van der Waals surface area contributed by atoms with Crippen LogP contribution in [0.4, 0.5) is 0 Å². The van der Waals surface area contributed by atoms with E-state index < -0.39 is 18.7 Å². The van der Waals surface area contributed by atoms with Crippen LogP contribution in [-0.2, 0) is 9.36 Å². The van der Waals surface area contributed by atoms with Crippen molar-refractivity contribution < 1.29 is 24.3 Å². The van der Waals surface area contributed by atoms with Crippen LogP contribution < -0.4 is 5.11 Å². The molecule has 0 bridgehead atoms. The van der Waals surface area contributed by atoms with Gasteiger partial charge < -0.3 is 19.7 Å². The summed E-state index contributed by atoms with van der Waals surface area (Å²) in [6.07, 6.45) is 1.21. The summed E-state index contributed by atoms with van der Waals surface area (Å²) in [4.78, 5) is 28.4. The first-order valence-corrected chi connectivity index (χ1v) is 5.71. The molecule has 14 heavy (non-hydrogen) atoms. The maximum Gasteiger partial charge on any atom is 0.335 e. The van der Waals surface area contributed by atoms with E-state index in [4.69, 9.17) is 9.79 Å². The van der Waals surface area contributed by atoms with Crippen LogP contribution in [0.3, 0.4) is 0 Å². The van der Waals surface area contributed by atoms with Gasteiger partial charge in [-0.15, -0.1) is 0 Å². The van der Waals surface area contributed by atoms with Gasteiger partial charge in [0.2, 0.25) is 0 Å². The van der Waals surface area contributed by atoms with E-state index in [9.17, 15) is 14.5 Å². The highest BCUT2D eigenvalue weighted by atomic mass is 31.2. The molecule has 0 aliphatic heterocycles. The summed E-state index contributed by atoms with van der Waals surface area (Å²) >= 11 is 0. The summed E-state index contributed by atoms with van der Waals surface area (Å²) in [5.41, 5.74) is -0.169. The smallest absolute Gasteiger partial charge is 0.335 e. The second-order valence-electron chi connectivity index (χ2n) is 3.37. The second-order valence-corrected chi connectivity index (χ2v) is 5.48. The molecule has 5 nitrogen and oxygen atoms in total. The van der Waals surface area contributed by atoms with Crippen LogP contribution in [0.15, 0.2) is 11.6 Å². The van der Waals surface area contributed by atoms with Crippen molar-refractivity contribution in [1.29, 1.82) is 0 Å². The number of carboxylic acid groups (broad SMARTS) is 1. The Hall–Kier alpha value is -0.640. The fraction of sp³-hybridized carbons (Fsp3) is 0.625. The van der Waals surface area contributed by atoms with E-state index in [1.807, 2.05) is 0 Å². The number of carbonyl (C=O) groups excluding carboxylic acids is 1. The number of rotatable bonds is 4. The molecule has 1 atom stereocenters. The van der Waals surface area contributed by atoms with Gasteiger partial charge in [-0.25, -0.2) is 0 Å². The number of carbonyl (C=O) groups is 1. The van der Waals surface area contributed by atoms with E-state index in [1.165, 1.54) is 13.8 Å². The zero-order chi connectivity index (χ0) is 11.6. The fourth-order valence-electron chi connectivity index (χ4n) is 0.917. The molecule has 82 valence electrons. The first-order chi connectivity index (χ1) is 6.14. The lowest BCUT2D eigenvalue weighted by atomic mass is 10.0. The molecule has 0 aromatic heterocycles. The highest BCUT2D eigenvalue weighted by Crippen LogP contribution is 2.53. The van der Waals surface area contributed by atoms with Gasteiger partial charge in [0.25, 0.3) is 0 Å². The van der Waals surface area contributed by atoms with Crippen molar-refractivity contribution in [2.24, 2.45) is 0 Å². The van der Waals surface area contributed by atoms with Gasteiger partial charge in [-0.05, 0) is 25.8 Å². The summed E-state index contributed by atoms with van der Waals surface area (Å²) in [6.45, 7) is 4.15. The lowest BCUT2D eigenvalue weighted by Gasteiger charge is -2.26. The third-order valence-corrected chi connectivity index (χ3v) is 4.01. The van der Waals surface area contributed by atoms with Crippen LogP contribution in [0.2, 0.25) is 0 Å². The number of hydrogen-bond donors (Lipinski definition) is 2. The summed E-state index contributed by atoms with van der Waals surface area (Å²) in [5, 5.41) is 8.95. The monoisotopic (exact) mass is 221 g/mol. The van der Waals surface area contributed by atoms with Gasteiger partial charge in [-0.1, -0.05) is 13.0 Å². The van der Waals surface area contributed by atoms with E-state index in [0.717, 1.165) is 6.08 Å². The summed E-state index contributed by atoms with van der Waals surface area (Å²) in [7, 11) is -4.35. The Labute approximate surface area is 82.6 Å². The molecule has 0 radical (unpaired) electrons. The van der Waals surface area contributed by atoms with Crippen molar-refractivity contribution in [2.75, 3.05) is 0 Å². The molecule has 6 heteroatoms. The summed E-state index contributed by atoms with van der Waals surface area (Å²) < 4.78 is 11.1. The molecular weight excluding hydrogens is 207 g/mol. The van der Waals surface area contributed by atoms with Gasteiger partial charge in [-0.3, -0.25) is 4.57 Å². The molecule has 0 rings (SSSR count). The molecule has 1 unspecified atom stereocenters.